The normalized spacial score (nSPS) is 13.7. The Kier molecular flexibility index (Phi) is 5.95. The molecule has 0 aliphatic carbocycles. The van der Waals surface area contributed by atoms with E-state index in [1.807, 2.05) is 20.8 Å². The largest absolute Gasteiger partial charge is 0.396 e. The van der Waals surface area contributed by atoms with Crippen molar-refractivity contribution in [1.29, 1.82) is 0 Å². The summed E-state index contributed by atoms with van der Waals surface area (Å²) in [6.07, 6.45) is 2.42. The van der Waals surface area contributed by atoms with Crippen LogP contribution in [-0.2, 0) is 10.0 Å². The number of hydrogen-bond donors (Lipinski definition) is 1. The quantitative estimate of drug-likeness (QED) is 0.788. The van der Waals surface area contributed by atoms with Crippen LogP contribution in [0, 0.1) is 5.82 Å². The summed E-state index contributed by atoms with van der Waals surface area (Å²) in [6.45, 7) is 6.29. The van der Waals surface area contributed by atoms with Crippen LogP contribution in [0.5, 0.6) is 0 Å². The number of nitrogen functional groups attached to an aromatic ring is 1. The van der Waals surface area contributed by atoms with Crippen molar-refractivity contribution in [3.8, 4) is 0 Å². The molecule has 6 heteroatoms. The Bertz CT molecular complexity index is 546. The van der Waals surface area contributed by atoms with Crippen molar-refractivity contribution in [3.05, 3.63) is 24.0 Å². The monoisotopic (exact) mass is 302 g/mol. The summed E-state index contributed by atoms with van der Waals surface area (Å²) in [5.74, 6) is -0.604. The molecule has 0 bridgehead atoms. The zero-order valence-corrected chi connectivity index (χ0v) is 13.1. The average Bonchev–Trinajstić information content (AvgIpc) is 2.41. The number of sulfonamides is 1. The number of rotatable bonds is 7. The lowest BCUT2D eigenvalue weighted by Crippen LogP contribution is -2.39. The molecule has 2 N–H and O–H groups in total. The van der Waals surface area contributed by atoms with Gasteiger partial charge in [0.05, 0.1) is 10.6 Å². The summed E-state index contributed by atoms with van der Waals surface area (Å²) in [5, 5.41) is 0. The Morgan fingerprint density at radius 2 is 2.00 bits per heavy atom. The van der Waals surface area contributed by atoms with Gasteiger partial charge < -0.3 is 5.73 Å². The van der Waals surface area contributed by atoms with Crippen LogP contribution in [0.2, 0.25) is 0 Å². The van der Waals surface area contributed by atoms with E-state index in [1.165, 1.54) is 16.4 Å². The molecule has 0 saturated carbocycles. The second-order valence-electron chi connectivity index (χ2n) is 4.91. The fourth-order valence-corrected chi connectivity index (χ4v) is 3.69. The fourth-order valence-electron chi connectivity index (χ4n) is 1.91. The van der Waals surface area contributed by atoms with Crippen molar-refractivity contribution in [3.63, 3.8) is 0 Å². The van der Waals surface area contributed by atoms with Crippen molar-refractivity contribution in [2.24, 2.45) is 0 Å². The first-order chi connectivity index (χ1) is 9.34. The smallest absolute Gasteiger partial charge is 0.243 e. The maximum absolute atomic E-state index is 13.2. The Morgan fingerprint density at radius 1 is 1.35 bits per heavy atom. The highest BCUT2D eigenvalue weighted by Crippen LogP contribution is 2.23. The van der Waals surface area contributed by atoms with Gasteiger partial charge in [-0.3, -0.25) is 0 Å². The molecule has 1 aromatic carbocycles. The van der Waals surface area contributed by atoms with E-state index in [0.29, 0.717) is 6.54 Å². The zero-order valence-electron chi connectivity index (χ0n) is 12.3. The van der Waals surface area contributed by atoms with Crippen molar-refractivity contribution in [2.75, 3.05) is 12.3 Å². The molecule has 0 spiro atoms. The van der Waals surface area contributed by atoms with Gasteiger partial charge in [0.1, 0.15) is 5.82 Å². The van der Waals surface area contributed by atoms with E-state index in [2.05, 4.69) is 0 Å². The molecule has 20 heavy (non-hydrogen) atoms. The third-order valence-electron chi connectivity index (χ3n) is 3.39. The first-order valence-corrected chi connectivity index (χ1v) is 8.35. The van der Waals surface area contributed by atoms with Gasteiger partial charge >= 0.3 is 0 Å². The maximum Gasteiger partial charge on any atom is 0.243 e. The number of nitrogens with zero attached hydrogens (tertiary/aromatic N) is 1. The summed E-state index contributed by atoms with van der Waals surface area (Å²) < 4.78 is 40.0. The average molecular weight is 302 g/mol. The van der Waals surface area contributed by atoms with E-state index in [1.54, 1.807) is 0 Å². The molecule has 0 amide bonds. The van der Waals surface area contributed by atoms with Crippen LogP contribution in [0.3, 0.4) is 0 Å². The van der Waals surface area contributed by atoms with E-state index >= 15 is 0 Å². The van der Waals surface area contributed by atoms with Gasteiger partial charge in [-0.25, -0.2) is 12.8 Å². The number of anilines is 1. The van der Waals surface area contributed by atoms with Crippen molar-refractivity contribution < 1.29 is 12.8 Å². The predicted molar refractivity (Wildman–Crippen MR) is 79.4 cm³/mol. The van der Waals surface area contributed by atoms with E-state index in [4.69, 9.17) is 5.73 Å². The molecule has 0 fully saturated rings. The molecule has 0 aliphatic rings. The van der Waals surface area contributed by atoms with Gasteiger partial charge in [0, 0.05) is 12.6 Å². The highest BCUT2D eigenvalue weighted by Gasteiger charge is 2.28. The van der Waals surface area contributed by atoms with Crippen LogP contribution in [0.1, 0.15) is 40.0 Å². The second-order valence-corrected chi connectivity index (χ2v) is 6.80. The molecule has 1 aromatic rings. The molecule has 4 nitrogen and oxygen atoms in total. The Morgan fingerprint density at radius 3 is 2.50 bits per heavy atom. The standard InChI is InChI=1S/C14H23FN2O2S/c1-4-6-9-17(11(3)5-2)20(18,19)12-7-8-13(15)14(16)10-12/h7-8,10-11H,4-6,9,16H2,1-3H3. The van der Waals surface area contributed by atoms with Gasteiger partial charge in [-0.05, 0) is 38.0 Å². The Balaban J connectivity index is 3.17. The van der Waals surface area contributed by atoms with E-state index < -0.39 is 15.8 Å². The third kappa shape index (κ3) is 3.70. The molecule has 0 radical (unpaired) electrons. The van der Waals surface area contributed by atoms with Crippen molar-refractivity contribution >= 4 is 15.7 Å². The fraction of sp³-hybridized carbons (Fsp3) is 0.571. The first-order valence-electron chi connectivity index (χ1n) is 6.91. The zero-order chi connectivity index (χ0) is 15.3. The van der Waals surface area contributed by atoms with Crippen molar-refractivity contribution in [1.82, 2.24) is 4.31 Å². The number of halogens is 1. The second kappa shape index (κ2) is 7.04. The SMILES string of the molecule is CCCCN(C(C)CC)S(=O)(=O)c1ccc(F)c(N)c1. The van der Waals surface area contributed by atoms with Crippen LogP contribution in [0.25, 0.3) is 0 Å². The number of hydrogen-bond acceptors (Lipinski definition) is 3. The summed E-state index contributed by atoms with van der Waals surface area (Å²) in [6, 6.07) is 3.45. The molecule has 0 aliphatic heterocycles. The topological polar surface area (TPSA) is 63.4 Å². The van der Waals surface area contributed by atoms with Gasteiger partial charge in [0.2, 0.25) is 10.0 Å². The summed E-state index contributed by atoms with van der Waals surface area (Å²) in [7, 11) is -3.64. The summed E-state index contributed by atoms with van der Waals surface area (Å²) in [5.41, 5.74) is 5.32. The molecular weight excluding hydrogens is 279 g/mol. The molecule has 0 saturated heterocycles. The molecule has 1 unspecified atom stereocenters. The minimum Gasteiger partial charge on any atom is -0.396 e. The number of benzene rings is 1. The van der Waals surface area contributed by atoms with Crippen molar-refractivity contribution in [2.45, 2.75) is 51.0 Å². The lowest BCUT2D eigenvalue weighted by Gasteiger charge is -2.27. The molecular formula is C14H23FN2O2S. The lowest BCUT2D eigenvalue weighted by atomic mass is 10.2. The Labute approximate surface area is 120 Å². The van der Waals surface area contributed by atoms with Gasteiger partial charge in [-0.1, -0.05) is 20.3 Å². The maximum atomic E-state index is 13.2. The molecule has 114 valence electrons. The van der Waals surface area contributed by atoms with Gasteiger partial charge in [-0.2, -0.15) is 4.31 Å². The van der Waals surface area contributed by atoms with Gasteiger partial charge in [-0.15, -0.1) is 0 Å². The van der Waals surface area contributed by atoms with Crippen LogP contribution in [-0.4, -0.2) is 25.3 Å². The number of nitrogens with two attached hydrogens (primary N) is 1. The summed E-state index contributed by atoms with van der Waals surface area (Å²) in [4.78, 5) is 0.0489. The van der Waals surface area contributed by atoms with E-state index in [9.17, 15) is 12.8 Å². The van der Waals surface area contributed by atoms with E-state index in [0.717, 1.165) is 25.3 Å². The lowest BCUT2D eigenvalue weighted by molar-refractivity contribution is 0.324. The Hall–Kier alpha value is -1.14. The highest BCUT2D eigenvalue weighted by atomic mass is 32.2. The minimum atomic E-state index is -3.64. The molecule has 0 heterocycles. The number of unbranched alkanes of at least 4 members (excludes halogenated alkanes) is 1. The highest BCUT2D eigenvalue weighted by molar-refractivity contribution is 7.89. The van der Waals surface area contributed by atoms with Crippen LogP contribution in [0.15, 0.2) is 23.1 Å². The first kappa shape index (κ1) is 16.9. The van der Waals surface area contributed by atoms with Gasteiger partial charge in [0.15, 0.2) is 0 Å². The minimum absolute atomic E-state index is 0.0489. The molecule has 0 aromatic heterocycles. The van der Waals surface area contributed by atoms with Crippen LogP contribution < -0.4 is 5.73 Å². The van der Waals surface area contributed by atoms with Gasteiger partial charge in [0.25, 0.3) is 0 Å². The molecule has 1 atom stereocenters. The predicted octanol–water partition coefficient (Wildman–Crippen LogP) is 3.00. The third-order valence-corrected chi connectivity index (χ3v) is 5.40. The van der Waals surface area contributed by atoms with Crippen LogP contribution >= 0.6 is 0 Å². The molecule has 1 rings (SSSR count). The summed E-state index contributed by atoms with van der Waals surface area (Å²) >= 11 is 0. The van der Waals surface area contributed by atoms with E-state index in [-0.39, 0.29) is 16.6 Å². The van der Waals surface area contributed by atoms with Crippen LogP contribution in [0.4, 0.5) is 10.1 Å².